The van der Waals surface area contributed by atoms with Gasteiger partial charge in [-0.15, -0.1) is 0 Å². The number of benzene rings is 4. The molecule has 0 radical (unpaired) electrons. The molecule has 20 nitrogen and oxygen atoms in total. The molecule has 0 saturated carbocycles. The van der Waals surface area contributed by atoms with Crippen LogP contribution in [0.2, 0.25) is 5.02 Å². The molecule has 10 aromatic rings. The summed E-state index contributed by atoms with van der Waals surface area (Å²) >= 11 is 6.35. The average Bonchev–Trinajstić information content (AvgIpc) is 1.19. The first-order valence-corrected chi connectivity index (χ1v) is 26.8. The lowest BCUT2D eigenvalue weighted by molar-refractivity contribution is 0.00578. The van der Waals surface area contributed by atoms with Crippen LogP contribution >= 0.6 is 11.6 Å². The highest BCUT2D eigenvalue weighted by molar-refractivity contribution is 6.62. The summed E-state index contributed by atoms with van der Waals surface area (Å²) in [4.78, 5) is 74.6. The largest absolute Gasteiger partial charge is 0.495 e. The Balaban J connectivity index is 0.000000161. The fraction of sp³-hybridized carbons (Fsp3) is 0.194. The molecule has 0 aliphatic carbocycles. The number of rotatable bonds is 10. The lowest BCUT2D eigenvalue weighted by Crippen LogP contribution is -2.41. The van der Waals surface area contributed by atoms with Crippen LogP contribution in [0.4, 0.5) is 34.9 Å². The molecule has 4 aromatic carbocycles. The molecule has 422 valence electrons. The Morgan fingerprint density at radius 3 is 1.52 bits per heavy atom. The molecule has 1 fully saturated rings. The highest BCUT2D eigenvalue weighted by atomic mass is 35.5. The second-order valence-electron chi connectivity index (χ2n) is 20.8. The first-order valence-electron chi connectivity index (χ1n) is 26.5. The van der Waals surface area contributed by atoms with E-state index >= 15 is 0 Å². The van der Waals surface area contributed by atoms with E-state index < -0.39 is 13.2 Å². The summed E-state index contributed by atoms with van der Waals surface area (Å²) in [5.41, 5.74) is 15.4. The third-order valence-corrected chi connectivity index (χ3v) is 14.9. The molecule has 22 heteroatoms. The van der Waals surface area contributed by atoms with Crippen LogP contribution in [-0.4, -0.2) is 56.5 Å². The number of aromatic nitrogens is 8. The van der Waals surface area contributed by atoms with E-state index in [1.807, 2.05) is 151 Å². The molecule has 2 atom stereocenters. The van der Waals surface area contributed by atoms with E-state index in [9.17, 15) is 19.2 Å². The standard InChI is InChI=1S/C28H23N7O2.C22H17ClN6O.C12H18BNO3/c1-17(32-26-22(30-2)16-31-28(29)33-26)23-14-19-8-7-11-21(18-12-13-34(3)24(36)15-18)25(19)27(37)35(23)20-9-5-4-6-10-20;1-13(27-20-17(25-2)12-26-22(24)28-20)18-11-14-7-6-10-16(23)19(14)21(30)29(18)15-8-4-3-5-9-15;1-11(2)12(3,4)17-13(16-11)9-6-7-14(5)10(15)8-9/h4-17H,1,3H3,(H3,29,31,32,33);3-13H,1H3,(H3,24,26,27,28);6-8H,1-5H3/t17-;13-;/m00./s1. The van der Waals surface area contributed by atoms with E-state index in [-0.39, 0.29) is 68.6 Å². The minimum Gasteiger partial charge on any atom is -0.399 e. The maximum Gasteiger partial charge on any atom is 0.495 e. The van der Waals surface area contributed by atoms with E-state index in [1.165, 1.54) is 27.6 Å². The van der Waals surface area contributed by atoms with Crippen molar-refractivity contribution in [1.82, 2.24) is 38.2 Å². The first-order chi connectivity index (χ1) is 40.1. The molecule has 1 aliphatic heterocycles. The fourth-order valence-corrected chi connectivity index (χ4v) is 9.67. The van der Waals surface area contributed by atoms with Gasteiger partial charge in [0.1, 0.15) is 11.6 Å². The molecule has 6 aromatic heterocycles. The average molecular weight is 1140 g/mol. The molecule has 0 unspecified atom stereocenters. The van der Waals surface area contributed by atoms with Crippen LogP contribution in [0.25, 0.3) is 53.7 Å². The molecule has 0 spiro atoms. The summed E-state index contributed by atoms with van der Waals surface area (Å²) in [6.07, 6.45) is 6.15. The molecular formula is C62H58BClN14O6. The van der Waals surface area contributed by atoms with Gasteiger partial charge in [-0.3, -0.25) is 28.3 Å². The quantitative estimate of drug-likeness (QED) is 0.0736. The monoisotopic (exact) mass is 1140 g/mol. The lowest BCUT2D eigenvalue weighted by atomic mass is 9.80. The maximum absolute atomic E-state index is 14.2. The van der Waals surface area contributed by atoms with Crippen LogP contribution < -0.4 is 49.8 Å². The third-order valence-electron chi connectivity index (χ3n) is 14.6. The fourth-order valence-electron chi connectivity index (χ4n) is 9.40. The number of aryl methyl sites for hydroxylation is 2. The molecule has 7 heterocycles. The Morgan fingerprint density at radius 1 is 0.595 bits per heavy atom. The summed E-state index contributed by atoms with van der Waals surface area (Å²) in [6, 6.07) is 39.4. The SMILES string of the molecule is Cn1ccc(B2OC(C)(C)C(C)(C)O2)cc1=O.[C-]#[N+]c1cnc(N)nc1N[C@@H](C)c1cc2cccc(-c3ccn(C)c(=O)c3)c2c(=O)n1-c1ccccc1.[C-]#[N+]c1cnc(N)nc1N[C@@H](C)c1cc2cccc(Cl)c2c(=O)n1-c1ccccc1. The predicted octanol–water partition coefficient (Wildman–Crippen LogP) is 9.88. The van der Waals surface area contributed by atoms with Gasteiger partial charge in [-0.25, -0.2) is 29.6 Å². The summed E-state index contributed by atoms with van der Waals surface area (Å²) in [5.74, 6) is 0.696. The minimum absolute atomic E-state index is 0.0414. The van der Waals surface area contributed by atoms with Crippen LogP contribution in [0, 0.1) is 13.1 Å². The summed E-state index contributed by atoms with van der Waals surface area (Å²) in [7, 11) is 2.94. The second-order valence-corrected chi connectivity index (χ2v) is 21.2. The number of halogens is 1. The molecule has 11 rings (SSSR count). The number of pyridine rings is 4. The molecule has 1 saturated heterocycles. The third kappa shape index (κ3) is 12.1. The van der Waals surface area contributed by atoms with Crippen LogP contribution in [0.15, 0.2) is 177 Å². The van der Waals surface area contributed by atoms with E-state index in [2.05, 4.69) is 40.3 Å². The Morgan fingerprint density at radius 2 is 1.05 bits per heavy atom. The number of fused-ring (bicyclic) bond motifs is 2. The molecular weight excluding hydrogens is 1080 g/mol. The molecule has 84 heavy (non-hydrogen) atoms. The molecule has 1 aliphatic rings. The van der Waals surface area contributed by atoms with Gasteiger partial charge in [0.25, 0.3) is 16.7 Å². The van der Waals surface area contributed by atoms with Gasteiger partial charge >= 0.3 is 7.12 Å². The zero-order valence-electron chi connectivity index (χ0n) is 47.2. The van der Waals surface area contributed by atoms with Crippen molar-refractivity contribution in [2.45, 2.75) is 64.8 Å². The van der Waals surface area contributed by atoms with Gasteiger partial charge in [0.2, 0.25) is 28.8 Å². The Kier molecular flexibility index (Phi) is 16.8. The molecule has 0 bridgehead atoms. The van der Waals surface area contributed by atoms with Gasteiger partial charge in [-0.2, -0.15) is 0 Å². The number of nitrogens with one attached hydrogen (secondary N) is 2. The Bertz CT molecular complexity index is 4460. The van der Waals surface area contributed by atoms with Gasteiger partial charge in [0.15, 0.2) is 0 Å². The van der Waals surface area contributed by atoms with Gasteiger partial charge in [0, 0.05) is 73.8 Å². The zero-order valence-corrected chi connectivity index (χ0v) is 48.0. The van der Waals surface area contributed by atoms with Crippen molar-refractivity contribution in [3.8, 4) is 22.5 Å². The summed E-state index contributed by atoms with van der Waals surface area (Å²) < 4.78 is 18.0. The first kappa shape index (κ1) is 58.5. The van der Waals surface area contributed by atoms with Crippen molar-refractivity contribution in [2.24, 2.45) is 14.1 Å². The van der Waals surface area contributed by atoms with Crippen molar-refractivity contribution >= 4 is 80.6 Å². The van der Waals surface area contributed by atoms with Gasteiger partial charge in [-0.05, 0) is 124 Å². The van der Waals surface area contributed by atoms with E-state index in [0.717, 1.165) is 16.2 Å². The Hall–Kier alpha value is -10.2. The Labute approximate surface area is 488 Å². The lowest BCUT2D eigenvalue weighted by Gasteiger charge is -2.32. The van der Waals surface area contributed by atoms with Crippen LogP contribution in [0.3, 0.4) is 0 Å². The summed E-state index contributed by atoms with van der Waals surface area (Å²) in [6.45, 7) is 26.5. The van der Waals surface area contributed by atoms with Crippen molar-refractivity contribution in [3.63, 3.8) is 0 Å². The van der Waals surface area contributed by atoms with Crippen LogP contribution in [0.5, 0.6) is 0 Å². The topological polar surface area (TPSA) is 243 Å². The predicted molar refractivity (Wildman–Crippen MR) is 332 cm³/mol. The second kappa shape index (κ2) is 24.1. The van der Waals surface area contributed by atoms with E-state index in [1.54, 1.807) is 53.8 Å². The number of hydrogen-bond donors (Lipinski definition) is 4. The number of para-hydroxylation sites is 2. The smallest absolute Gasteiger partial charge is 0.399 e. The van der Waals surface area contributed by atoms with Crippen LogP contribution in [-0.2, 0) is 23.4 Å². The van der Waals surface area contributed by atoms with Crippen molar-refractivity contribution in [1.29, 1.82) is 0 Å². The van der Waals surface area contributed by atoms with Gasteiger partial charge < -0.3 is 40.5 Å². The number of nitrogens with zero attached hydrogens (tertiary/aromatic N) is 10. The molecule has 6 N–H and O–H groups in total. The molecule has 0 amide bonds. The highest BCUT2D eigenvalue weighted by Crippen LogP contribution is 2.37. The van der Waals surface area contributed by atoms with Crippen LogP contribution in [0.1, 0.15) is 65.0 Å². The highest BCUT2D eigenvalue weighted by Gasteiger charge is 2.51. The van der Waals surface area contributed by atoms with Crippen molar-refractivity contribution in [3.05, 3.63) is 239 Å². The number of hydrogen-bond acceptors (Lipinski definition) is 14. The van der Waals surface area contributed by atoms with Gasteiger partial charge in [-0.1, -0.05) is 78.3 Å². The van der Waals surface area contributed by atoms with E-state index in [4.69, 9.17) is 45.5 Å². The minimum atomic E-state index is -0.464. The van der Waals surface area contributed by atoms with Crippen molar-refractivity contribution in [2.75, 3.05) is 22.1 Å². The van der Waals surface area contributed by atoms with E-state index in [0.29, 0.717) is 55.5 Å². The summed E-state index contributed by atoms with van der Waals surface area (Å²) in [5, 5.41) is 9.24. The van der Waals surface area contributed by atoms with Crippen molar-refractivity contribution < 1.29 is 9.31 Å². The number of anilines is 4. The number of nitrogen functional groups attached to an aromatic ring is 2. The zero-order chi connectivity index (χ0) is 60.2. The normalized spacial score (nSPS) is 13.8. The number of nitrogens with two attached hydrogens (primary N) is 2. The van der Waals surface area contributed by atoms with Gasteiger partial charge in [0.05, 0.1) is 52.2 Å². The maximum atomic E-state index is 14.2.